The number of amides is 1. The monoisotopic (exact) mass is 330 g/mol. The van der Waals surface area contributed by atoms with Gasteiger partial charge in [0.1, 0.15) is 5.76 Å². The van der Waals surface area contributed by atoms with Crippen LogP contribution in [0.25, 0.3) is 10.9 Å². The zero-order valence-electron chi connectivity index (χ0n) is 10.7. The number of halogens is 1. The molecule has 0 aliphatic carbocycles. The highest BCUT2D eigenvalue weighted by Crippen LogP contribution is 2.24. The van der Waals surface area contributed by atoms with Crippen LogP contribution in [0, 0.1) is 6.92 Å². The number of rotatable bonds is 2. The normalized spacial score (nSPS) is 10.7. The third-order valence-corrected chi connectivity index (χ3v) is 3.32. The largest absolute Gasteiger partial charge is 0.456 e. The molecular weight excluding hydrogens is 320 g/mol. The van der Waals surface area contributed by atoms with Crippen molar-refractivity contribution in [2.45, 2.75) is 6.92 Å². The average Bonchev–Trinajstić information content (AvgIpc) is 2.85. The summed E-state index contributed by atoms with van der Waals surface area (Å²) in [6.45, 7) is 1.80. The van der Waals surface area contributed by atoms with Crippen LogP contribution in [0.4, 0.5) is 5.69 Å². The molecular formula is C15H11BrN2O2. The number of pyridine rings is 1. The molecule has 4 nitrogen and oxygen atoms in total. The summed E-state index contributed by atoms with van der Waals surface area (Å²) in [5.74, 6) is 0.710. The smallest absolute Gasteiger partial charge is 0.291 e. The summed E-state index contributed by atoms with van der Waals surface area (Å²) in [4.78, 5) is 16.4. The van der Waals surface area contributed by atoms with Crippen molar-refractivity contribution in [3.05, 3.63) is 58.6 Å². The molecule has 3 rings (SSSR count). The second-order valence-corrected chi connectivity index (χ2v) is 5.31. The van der Waals surface area contributed by atoms with E-state index in [1.54, 1.807) is 25.3 Å². The second-order valence-electron chi connectivity index (χ2n) is 4.40. The summed E-state index contributed by atoms with van der Waals surface area (Å²) in [7, 11) is 0. The molecule has 0 saturated carbocycles. The summed E-state index contributed by atoms with van der Waals surface area (Å²) in [5, 5.41) is 3.78. The van der Waals surface area contributed by atoms with E-state index in [1.165, 1.54) is 0 Å². The van der Waals surface area contributed by atoms with Gasteiger partial charge in [-0.15, -0.1) is 0 Å². The average molecular weight is 331 g/mol. The Bertz CT molecular complexity index is 795. The Morgan fingerprint density at radius 2 is 2.15 bits per heavy atom. The molecule has 0 saturated heterocycles. The number of hydrogen-bond acceptors (Lipinski definition) is 3. The van der Waals surface area contributed by atoms with Crippen molar-refractivity contribution >= 4 is 38.4 Å². The summed E-state index contributed by atoms with van der Waals surface area (Å²) < 4.78 is 6.21. The first-order chi connectivity index (χ1) is 9.63. The highest BCUT2D eigenvalue weighted by atomic mass is 79.9. The van der Waals surface area contributed by atoms with Gasteiger partial charge >= 0.3 is 0 Å². The van der Waals surface area contributed by atoms with Crippen molar-refractivity contribution in [2.75, 3.05) is 5.32 Å². The minimum Gasteiger partial charge on any atom is -0.456 e. The number of aromatic nitrogens is 1. The molecule has 0 unspecified atom stereocenters. The number of carbonyl (C=O) groups excluding carboxylic acids is 1. The minimum absolute atomic E-state index is 0.282. The number of nitrogens with zero attached hydrogens (tertiary/aromatic N) is 1. The van der Waals surface area contributed by atoms with Gasteiger partial charge in [0.25, 0.3) is 5.91 Å². The molecule has 2 heterocycles. The summed E-state index contributed by atoms with van der Waals surface area (Å²) in [6, 6.07) is 11.0. The van der Waals surface area contributed by atoms with E-state index in [-0.39, 0.29) is 11.7 Å². The number of anilines is 1. The van der Waals surface area contributed by atoms with Crippen LogP contribution in [0.5, 0.6) is 0 Å². The van der Waals surface area contributed by atoms with Crippen LogP contribution >= 0.6 is 15.9 Å². The van der Waals surface area contributed by atoms with Gasteiger partial charge in [-0.3, -0.25) is 9.78 Å². The Balaban J connectivity index is 1.97. The maximum Gasteiger partial charge on any atom is 0.291 e. The van der Waals surface area contributed by atoms with Crippen molar-refractivity contribution in [1.29, 1.82) is 0 Å². The summed E-state index contributed by atoms with van der Waals surface area (Å²) in [6.07, 6.45) is 1.70. The van der Waals surface area contributed by atoms with Gasteiger partial charge in [-0.1, -0.05) is 12.1 Å². The Kier molecular flexibility index (Phi) is 3.28. The van der Waals surface area contributed by atoms with Gasteiger partial charge in [0.2, 0.25) is 0 Å². The van der Waals surface area contributed by atoms with E-state index in [0.29, 0.717) is 11.4 Å². The van der Waals surface area contributed by atoms with Crippen LogP contribution in [0.1, 0.15) is 16.3 Å². The highest BCUT2D eigenvalue weighted by molar-refractivity contribution is 9.10. The van der Waals surface area contributed by atoms with Crippen LogP contribution in [-0.2, 0) is 0 Å². The molecule has 100 valence electrons. The van der Waals surface area contributed by atoms with E-state index >= 15 is 0 Å². The van der Waals surface area contributed by atoms with Crippen molar-refractivity contribution in [3.63, 3.8) is 0 Å². The molecule has 0 atom stereocenters. The maximum atomic E-state index is 12.1. The van der Waals surface area contributed by atoms with Crippen molar-refractivity contribution in [2.24, 2.45) is 0 Å². The topological polar surface area (TPSA) is 55.1 Å². The third-order valence-electron chi connectivity index (χ3n) is 2.89. The fraction of sp³-hybridized carbons (Fsp3) is 0.0667. The van der Waals surface area contributed by atoms with Gasteiger partial charge in [0.05, 0.1) is 11.2 Å². The first-order valence-electron chi connectivity index (χ1n) is 6.05. The molecule has 3 aromatic rings. The lowest BCUT2D eigenvalue weighted by Crippen LogP contribution is -2.11. The van der Waals surface area contributed by atoms with E-state index in [0.717, 1.165) is 15.4 Å². The lowest BCUT2D eigenvalue weighted by atomic mass is 10.2. The zero-order chi connectivity index (χ0) is 14.1. The Hall–Kier alpha value is -2.14. The van der Waals surface area contributed by atoms with Gasteiger partial charge in [0, 0.05) is 16.1 Å². The molecule has 5 heteroatoms. The first kappa shape index (κ1) is 12.9. The predicted octanol–water partition coefficient (Wildman–Crippen LogP) is 4.15. The van der Waals surface area contributed by atoms with Gasteiger partial charge in [0.15, 0.2) is 5.76 Å². The lowest BCUT2D eigenvalue weighted by molar-refractivity contribution is 0.0995. The number of para-hydroxylation sites is 1. The standard InChI is InChI=1S/C15H11BrN2O2/c1-9-5-6-13(20-9)15(19)18-12-4-2-3-10-7-11(16)8-17-14(10)12/h2-8H,1H3,(H,18,19). The number of carbonyl (C=O) groups is 1. The first-order valence-corrected chi connectivity index (χ1v) is 6.85. The van der Waals surface area contributed by atoms with Crippen molar-refractivity contribution in [3.8, 4) is 0 Å². The highest BCUT2D eigenvalue weighted by Gasteiger charge is 2.12. The Morgan fingerprint density at radius 1 is 1.30 bits per heavy atom. The molecule has 20 heavy (non-hydrogen) atoms. The lowest BCUT2D eigenvalue weighted by Gasteiger charge is -2.07. The van der Waals surface area contributed by atoms with Crippen LogP contribution in [0.15, 0.2) is 51.5 Å². The van der Waals surface area contributed by atoms with Crippen LogP contribution in [0.2, 0.25) is 0 Å². The molecule has 0 bridgehead atoms. The number of aryl methyl sites for hydroxylation is 1. The quantitative estimate of drug-likeness (QED) is 0.767. The predicted molar refractivity (Wildman–Crippen MR) is 80.8 cm³/mol. The van der Waals surface area contributed by atoms with Crippen LogP contribution in [0.3, 0.4) is 0 Å². The van der Waals surface area contributed by atoms with Gasteiger partial charge in [-0.25, -0.2) is 0 Å². The summed E-state index contributed by atoms with van der Waals surface area (Å²) >= 11 is 3.38. The van der Waals surface area contributed by atoms with E-state index in [9.17, 15) is 4.79 Å². The van der Waals surface area contributed by atoms with E-state index < -0.39 is 0 Å². The molecule has 1 N–H and O–H groups in total. The van der Waals surface area contributed by atoms with E-state index in [2.05, 4.69) is 26.2 Å². The van der Waals surface area contributed by atoms with E-state index in [1.807, 2.05) is 24.3 Å². The molecule has 0 aliphatic heterocycles. The maximum absolute atomic E-state index is 12.1. The number of benzene rings is 1. The van der Waals surface area contributed by atoms with Crippen molar-refractivity contribution < 1.29 is 9.21 Å². The molecule has 1 aromatic carbocycles. The molecule has 2 aromatic heterocycles. The fourth-order valence-electron chi connectivity index (χ4n) is 1.98. The zero-order valence-corrected chi connectivity index (χ0v) is 12.3. The van der Waals surface area contributed by atoms with Gasteiger partial charge in [-0.05, 0) is 47.1 Å². The number of furan rings is 1. The molecule has 0 spiro atoms. The fourth-order valence-corrected chi connectivity index (χ4v) is 2.32. The second kappa shape index (κ2) is 5.09. The number of fused-ring (bicyclic) bond motifs is 1. The minimum atomic E-state index is -0.282. The van der Waals surface area contributed by atoms with Crippen molar-refractivity contribution in [1.82, 2.24) is 4.98 Å². The van der Waals surface area contributed by atoms with Gasteiger partial charge in [-0.2, -0.15) is 0 Å². The number of nitrogens with one attached hydrogen (secondary N) is 1. The van der Waals surface area contributed by atoms with E-state index in [4.69, 9.17) is 4.42 Å². The molecule has 0 fully saturated rings. The van der Waals surface area contributed by atoms with Gasteiger partial charge < -0.3 is 9.73 Å². The third kappa shape index (κ3) is 2.44. The summed E-state index contributed by atoms with van der Waals surface area (Å²) in [5.41, 5.74) is 1.40. The number of hydrogen-bond donors (Lipinski definition) is 1. The van der Waals surface area contributed by atoms with Crippen LogP contribution < -0.4 is 5.32 Å². The van der Waals surface area contributed by atoms with Crippen LogP contribution in [-0.4, -0.2) is 10.9 Å². The SMILES string of the molecule is Cc1ccc(C(=O)Nc2cccc3cc(Br)cnc23)o1. The molecule has 0 aliphatic rings. The Morgan fingerprint density at radius 3 is 2.90 bits per heavy atom. The Labute approximate surface area is 123 Å². The molecule has 0 radical (unpaired) electrons. The molecule has 1 amide bonds.